The van der Waals surface area contributed by atoms with Gasteiger partial charge in [0.05, 0.1) is 10.7 Å². The summed E-state index contributed by atoms with van der Waals surface area (Å²) >= 11 is 1.73. The van der Waals surface area contributed by atoms with Crippen molar-refractivity contribution in [3.63, 3.8) is 0 Å². The van der Waals surface area contributed by atoms with E-state index in [-0.39, 0.29) is 0 Å². The Morgan fingerprint density at radius 1 is 1.75 bits per heavy atom. The van der Waals surface area contributed by atoms with Crippen LogP contribution in [0.1, 0.15) is 24.0 Å². The quantitative estimate of drug-likeness (QED) is 0.773. The second-order valence-corrected chi connectivity index (χ2v) is 4.62. The maximum Gasteiger partial charge on any atom is 0.0897 e. The van der Waals surface area contributed by atoms with Crippen molar-refractivity contribution in [1.29, 1.82) is 0 Å². The van der Waals surface area contributed by atoms with Crippen LogP contribution in [0.3, 0.4) is 0 Å². The molecule has 1 aromatic heterocycles. The van der Waals surface area contributed by atoms with Crippen LogP contribution in [0.5, 0.6) is 0 Å². The second kappa shape index (κ2) is 3.15. The van der Waals surface area contributed by atoms with Crippen LogP contribution in [0, 0.1) is 12.8 Å². The molecule has 0 aliphatic heterocycles. The van der Waals surface area contributed by atoms with Crippen molar-refractivity contribution in [2.75, 3.05) is 0 Å². The minimum Gasteiger partial charge on any atom is -0.308 e. The first-order valence-electron chi connectivity index (χ1n) is 4.40. The van der Waals surface area contributed by atoms with Crippen molar-refractivity contribution < 1.29 is 0 Å². The van der Waals surface area contributed by atoms with Crippen LogP contribution in [-0.2, 0) is 6.54 Å². The van der Waals surface area contributed by atoms with Gasteiger partial charge >= 0.3 is 0 Å². The first-order valence-corrected chi connectivity index (χ1v) is 5.28. The lowest BCUT2D eigenvalue weighted by atomic mass is 10.4. The Kier molecular flexibility index (Phi) is 2.15. The summed E-state index contributed by atoms with van der Waals surface area (Å²) < 4.78 is 0. The molecular formula is C9H14N2S. The van der Waals surface area contributed by atoms with Crippen LogP contribution in [0.25, 0.3) is 0 Å². The first-order chi connectivity index (χ1) is 5.75. The van der Waals surface area contributed by atoms with Crippen molar-refractivity contribution >= 4 is 11.3 Å². The summed E-state index contributed by atoms with van der Waals surface area (Å²) in [5, 5.41) is 6.78. The summed E-state index contributed by atoms with van der Waals surface area (Å²) in [6, 6.07) is 0.756. The predicted octanol–water partition coefficient (Wildman–Crippen LogP) is 1.95. The van der Waals surface area contributed by atoms with Gasteiger partial charge < -0.3 is 5.32 Å². The third kappa shape index (κ3) is 1.84. The monoisotopic (exact) mass is 182 g/mol. The van der Waals surface area contributed by atoms with Crippen LogP contribution in [0.2, 0.25) is 0 Å². The highest BCUT2D eigenvalue weighted by Gasteiger charge is 2.31. The fraction of sp³-hybridized carbons (Fsp3) is 0.667. The van der Waals surface area contributed by atoms with E-state index < -0.39 is 0 Å². The molecule has 0 saturated heterocycles. The van der Waals surface area contributed by atoms with Gasteiger partial charge in [0.1, 0.15) is 0 Å². The Labute approximate surface area is 77.0 Å². The normalized spacial score (nSPS) is 27.5. The zero-order valence-corrected chi connectivity index (χ0v) is 8.32. The van der Waals surface area contributed by atoms with Crippen molar-refractivity contribution in [3.05, 3.63) is 16.1 Å². The summed E-state index contributed by atoms with van der Waals surface area (Å²) in [4.78, 5) is 4.39. The van der Waals surface area contributed by atoms with E-state index in [0.717, 1.165) is 23.5 Å². The van der Waals surface area contributed by atoms with E-state index in [0.29, 0.717) is 0 Å². The van der Waals surface area contributed by atoms with E-state index >= 15 is 0 Å². The molecule has 0 spiro atoms. The molecule has 1 saturated carbocycles. The molecule has 3 heteroatoms. The van der Waals surface area contributed by atoms with Crippen molar-refractivity contribution in [2.24, 2.45) is 5.92 Å². The molecule has 0 aromatic carbocycles. The average molecular weight is 182 g/mol. The zero-order chi connectivity index (χ0) is 8.55. The third-order valence-electron chi connectivity index (χ3n) is 2.32. The molecule has 1 fully saturated rings. The highest BCUT2D eigenvalue weighted by molar-refractivity contribution is 7.09. The fourth-order valence-corrected chi connectivity index (χ4v) is 1.94. The summed E-state index contributed by atoms with van der Waals surface area (Å²) in [5.41, 5.74) is 1.19. The molecule has 2 unspecified atom stereocenters. The van der Waals surface area contributed by atoms with Crippen molar-refractivity contribution in [3.8, 4) is 0 Å². The molecule has 66 valence electrons. The molecule has 12 heavy (non-hydrogen) atoms. The van der Waals surface area contributed by atoms with Crippen LogP contribution in [0.4, 0.5) is 0 Å². The lowest BCUT2D eigenvalue weighted by molar-refractivity contribution is 0.644. The number of aryl methyl sites for hydroxylation is 1. The lowest BCUT2D eigenvalue weighted by Crippen LogP contribution is -2.17. The minimum absolute atomic E-state index is 0.756. The number of nitrogens with one attached hydrogen (secondary N) is 1. The van der Waals surface area contributed by atoms with E-state index in [9.17, 15) is 0 Å². The maximum atomic E-state index is 4.39. The average Bonchev–Trinajstić information content (AvgIpc) is 2.56. The van der Waals surface area contributed by atoms with Gasteiger partial charge in [-0.3, -0.25) is 0 Å². The Morgan fingerprint density at radius 3 is 3.00 bits per heavy atom. The van der Waals surface area contributed by atoms with Crippen molar-refractivity contribution in [2.45, 2.75) is 32.9 Å². The highest BCUT2D eigenvalue weighted by Crippen LogP contribution is 2.29. The van der Waals surface area contributed by atoms with Gasteiger partial charge in [-0.2, -0.15) is 0 Å². The SMILES string of the molecule is Cc1nc(CNC2CC2C)cs1. The molecule has 0 bridgehead atoms. The number of nitrogens with zero attached hydrogens (tertiary/aromatic N) is 1. The first kappa shape index (κ1) is 8.20. The number of thiazole rings is 1. The number of hydrogen-bond donors (Lipinski definition) is 1. The van der Waals surface area contributed by atoms with Crippen molar-refractivity contribution in [1.82, 2.24) is 10.3 Å². The topological polar surface area (TPSA) is 24.9 Å². The number of hydrogen-bond acceptors (Lipinski definition) is 3. The van der Waals surface area contributed by atoms with E-state index in [2.05, 4.69) is 22.6 Å². The molecule has 1 heterocycles. The van der Waals surface area contributed by atoms with Gasteiger partial charge in [0, 0.05) is 18.0 Å². The number of aromatic nitrogens is 1. The highest BCUT2D eigenvalue weighted by atomic mass is 32.1. The minimum atomic E-state index is 0.756. The van der Waals surface area contributed by atoms with Gasteiger partial charge in [0.15, 0.2) is 0 Å². The molecule has 1 aromatic rings. The van der Waals surface area contributed by atoms with Gasteiger partial charge in [-0.15, -0.1) is 11.3 Å². The van der Waals surface area contributed by atoms with Crippen LogP contribution >= 0.6 is 11.3 Å². The van der Waals surface area contributed by atoms with Gasteiger partial charge in [0.25, 0.3) is 0 Å². The molecule has 2 rings (SSSR count). The van der Waals surface area contributed by atoms with Gasteiger partial charge in [-0.25, -0.2) is 4.98 Å². The molecule has 1 N–H and O–H groups in total. The summed E-state index contributed by atoms with van der Waals surface area (Å²) in [7, 11) is 0. The Bertz CT molecular complexity index is 269. The fourth-order valence-electron chi connectivity index (χ4n) is 1.33. The van der Waals surface area contributed by atoms with Crippen LogP contribution in [0.15, 0.2) is 5.38 Å². The Morgan fingerprint density at radius 2 is 2.50 bits per heavy atom. The van der Waals surface area contributed by atoms with E-state index in [1.54, 1.807) is 11.3 Å². The summed E-state index contributed by atoms with van der Waals surface area (Å²) in [5.74, 6) is 0.879. The van der Waals surface area contributed by atoms with E-state index in [1.807, 2.05) is 6.92 Å². The largest absolute Gasteiger partial charge is 0.308 e. The second-order valence-electron chi connectivity index (χ2n) is 3.56. The third-order valence-corrected chi connectivity index (χ3v) is 3.14. The molecule has 2 nitrogen and oxygen atoms in total. The smallest absolute Gasteiger partial charge is 0.0897 e. The molecule has 0 radical (unpaired) electrons. The molecular weight excluding hydrogens is 168 g/mol. The van der Waals surface area contributed by atoms with E-state index in [4.69, 9.17) is 0 Å². The van der Waals surface area contributed by atoms with Crippen LogP contribution in [-0.4, -0.2) is 11.0 Å². The Balaban J connectivity index is 1.80. The number of rotatable bonds is 3. The predicted molar refractivity (Wildman–Crippen MR) is 51.3 cm³/mol. The van der Waals surface area contributed by atoms with Crippen LogP contribution < -0.4 is 5.32 Å². The molecule has 1 aliphatic rings. The summed E-state index contributed by atoms with van der Waals surface area (Å²) in [6.45, 7) is 5.28. The summed E-state index contributed by atoms with van der Waals surface area (Å²) in [6.07, 6.45) is 1.34. The molecule has 1 aliphatic carbocycles. The molecule has 2 atom stereocenters. The van der Waals surface area contributed by atoms with Gasteiger partial charge in [-0.1, -0.05) is 6.92 Å². The zero-order valence-electron chi connectivity index (χ0n) is 7.50. The van der Waals surface area contributed by atoms with E-state index in [1.165, 1.54) is 12.1 Å². The Hall–Kier alpha value is -0.410. The standard InChI is InChI=1S/C9H14N2S/c1-6-3-9(6)10-4-8-5-12-7(2)11-8/h5-6,9-10H,3-4H2,1-2H3. The lowest BCUT2D eigenvalue weighted by Gasteiger charge is -1.98. The maximum absolute atomic E-state index is 4.39. The molecule has 0 amide bonds. The van der Waals surface area contributed by atoms with Gasteiger partial charge in [0.2, 0.25) is 0 Å². The van der Waals surface area contributed by atoms with Gasteiger partial charge in [-0.05, 0) is 19.3 Å².